The minimum Gasteiger partial charge on any atom is -0.482 e. The minimum atomic E-state index is -1.02. The molecule has 2 N–H and O–H groups in total. The fourth-order valence-corrected chi connectivity index (χ4v) is 4.01. The van der Waals surface area contributed by atoms with Gasteiger partial charge < -0.3 is 15.2 Å². The largest absolute Gasteiger partial charge is 0.482 e. The number of hydrogen-bond acceptors (Lipinski definition) is 4. The Bertz CT molecular complexity index is 806. The van der Waals surface area contributed by atoms with Crippen LogP contribution in [0.5, 0.6) is 5.75 Å². The van der Waals surface area contributed by atoms with Gasteiger partial charge in [-0.2, -0.15) is 0 Å². The highest BCUT2D eigenvalue weighted by Gasteiger charge is 2.27. The Morgan fingerprint density at radius 1 is 1.28 bits per heavy atom. The number of fused-ring (bicyclic) bond motifs is 1. The van der Waals surface area contributed by atoms with E-state index in [0.717, 1.165) is 23.3 Å². The molecule has 1 aliphatic heterocycles. The Hall–Kier alpha value is -2.47. The van der Waals surface area contributed by atoms with Crippen LogP contribution >= 0.6 is 11.8 Å². The van der Waals surface area contributed by atoms with Gasteiger partial charge in [0.2, 0.25) is 5.91 Å². The molecule has 2 aromatic carbocycles. The second kappa shape index (κ2) is 7.61. The average Bonchev–Trinajstić information content (AvgIpc) is 2.61. The van der Waals surface area contributed by atoms with Crippen LogP contribution in [-0.4, -0.2) is 29.3 Å². The van der Waals surface area contributed by atoms with Crippen molar-refractivity contribution in [3.05, 3.63) is 59.2 Å². The lowest BCUT2D eigenvalue weighted by Crippen LogP contribution is -2.23. The van der Waals surface area contributed by atoms with Crippen molar-refractivity contribution < 1.29 is 19.4 Å². The molecule has 0 aromatic heterocycles. The molecule has 0 radical (unpaired) electrons. The number of aliphatic carboxylic acids is 1. The van der Waals surface area contributed by atoms with Crippen LogP contribution in [0.1, 0.15) is 21.9 Å². The maximum atomic E-state index is 12.7. The fourth-order valence-electron chi connectivity index (χ4n) is 2.82. The van der Waals surface area contributed by atoms with Crippen molar-refractivity contribution in [1.29, 1.82) is 0 Å². The van der Waals surface area contributed by atoms with E-state index < -0.39 is 5.97 Å². The fraction of sp³-hybridized carbons (Fsp3) is 0.263. The van der Waals surface area contributed by atoms with E-state index in [0.29, 0.717) is 11.4 Å². The summed E-state index contributed by atoms with van der Waals surface area (Å²) in [4.78, 5) is 23.3. The van der Waals surface area contributed by atoms with Crippen LogP contribution in [0.4, 0.5) is 5.69 Å². The van der Waals surface area contributed by atoms with Crippen molar-refractivity contribution in [3.8, 4) is 5.75 Å². The number of carbonyl (C=O) groups is 2. The van der Waals surface area contributed by atoms with Crippen molar-refractivity contribution in [2.45, 2.75) is 18.6 Å². The SMILES string of the molecule is Cc1cc(OCC(=O)O)ccc1NC(=O)C1SCCc2ccccc21. The average molecular weight is 357 g/mol. The Labute approximate surface area is 150 Å². The van der Waals surface area contributed by atoms with E-state index >= 15 is 0 Å². The summed E-state index contributed by atoms with van der Waals surface area (Å²) in [6, 6.07) is 13.2. The summed E-state index contributed by atoms with van der Waals surface area (Å²) in [6.07, 6.45) is 0.985. The molecule has 1 atom stereocenters. The molecule has 0 spiro atoms. The molecular formula is C19H19NO4S. The predicted octanol–water partition coefficient (Wildman–Crippen LogP) is 3.43. The molecule has 1 aliphatic rings. The first kappa shape index (κ1) is 17.4. The van der Waals surface area contributed by atoms with Crippen LogP contribution < -0.4 is 10.1 Å². The van der Waals surface area contributed by atoms with E-state index in [2.05, 4.69) is 11.4 Å². The van der Waals surface area contributed by atoms with Crippen LogP contribution in [0, 0.1) is 6.92 Å². The zero-order valence-electron chi connectivity index (χ0n) is 13.8. The van der Waals surface area contributed by atoms with E-state index in [-0.39, 0.29) is 17.8 Å². The molecular weight excluding hydrogens is 338 g/mol. The van der Waals surface area contributed by atoms with Crippen molar-refractivity contribution in [3.63, 3.8) is 0 Å². The maximum Gasteiger partial charge on any atom is 0.341 e. The van der Waals surface area contributed by atoms with Gasteiger partial charge in [-0.25, -0.2) is 4.79 Å². The molecule has 6 heteroatoms. The minimum absolute atomic E-state index is 0.0422. The van der Waals surface area contributed by atoms with E-state index in [1.165, 1.54) is 5.56 Å². The van der Waals surface area contributed by atoms with Gasteiger partial charge in [0.05, 0.1) is 0 Å². The van der Waals surface area contributed by atoms with Gasteiger partial charge in [0.25, 0.3) is 0 Å². The number of carboxylic acids is 1. The Morgan fingerprint density at radius 3 is 2.84 bits per heavy atom. The molecule has 1 amide bonds. The van der Waals surface area contributed by atoms with Crippen LogP contribution in [0.2, 0.25) is 0 Å². The number of ether oxygens (including phenoxy) is 1. The molecule has 0 saturated heterocycles. The van der Waals surface area contributed by atoms with E-state index in [1.54, 1.807) is 30.0 Å². The predicted molar refractivity (Wildman–Crippen MR) is 98.3 cm³/mol. The third kappa shape index (κ3) is 4.14. The molecule has 1 heterocycles. The number of benzene rings is 2. The molecule has 0 aliphatic carbocycles. The van der Waals surface area contributed by atoms with E-state index in [1.807, 2.05) is 25.1 Å². The third-order valence-electron chi connectivity index (χ3n) is 4.05. The van der Waals surface area contributed by atoms with Crippen LogP contribution in [-0.2, 0) is 16.0 Å². The standard InChI is InChI=1S/C19H19NO4S/c1-12-10-14(24-11-17(21)22)6-7-16(12)20-19(23)18-15-5-3-2-4-13(15)8-9-25-18/h2-7,10,18H,8-9,11H2,1H3,(H,20,23)(H,21,22). The van der Waals surface area contributed by atoms with Crippen molar-refractivity contribution in [2.75, 3.05) is 17.7 Å². The number of hydrogen-bond donors (Lipinski definition) is 2. The van der Waals surface area contributed by atoms with Gasteiger partial charge in [-0.3, -0.25) is 4.79 Å². The first-order valence-electron chi connectivity index (χ1n) is 8.00. The summed E-state index contributed by atoms with van der Waals surface area (Å²) >= 11 is 1.65. The number of nitrogens with one attached hydrogen (secondary N) is 1. The smallest absolute Gasteiger partial charge is 0.341 e. The lowest BCUT2D eigenvalue weighted by atomic mass is 10.0. The quantitative estimate of drug-likeness (QED) is 0.857. The van der Waals surface area contributed by atoms with Gasteiger partial charge in [0.15, 0.2) is 6.61 Å². The Kier molecular flexibility index (Phi) is 5.28. The molecule has 0 saturated carbocycles. The Morgan fingerprint density at radius 2 is 2.08 bits per heavy atom. The number of thioether (sulfide) groups is 1. The number of amides is 1. The van der Waals surface area contributed by atoms with Crippen LogP contribution in [0.15, 0.2) is 42.5 Å². The molecule has 130 valence electrons. The number of aryl methyl sites for hydroxylation is 2. The molecule has 0 fully saturated rings. The van der Waals surface area contributed by atoms with Crippen LogP contribution in [0.25, 0.3) is 0 Å². The van der Waals surface area contributed by atoms with E-state index in [9.17, 15) is 9.59 Å². The lowest BCUT2D eigenvalue weighted by molar-refractivity contribution is -0.139. The molecule has 25 heavy (non-hydrogen) atoms. The summed E-state index contributed by atoms with van der Waals surface area (Å²) in [5.74, 6) is 0.327. The van der Waals surface area contributed by atoms with Crippen molar-refractivity contribution in [2.24, 2.45) is 0 Å². The highest BCUT2D eigenvalue weighted by atomic mass is 32.2. The first-order valence-corrected chi connectivity index (χ1v) is 9.05. The molecule has 1 unspecified atom stereocenters. The number of carbonyl (C=O) groups excluding carboxylic acids is 1. The van der Waals surface area contributed by atoms with Crippen molar-refractivity contribution >= 4 is 29.3 Å². The summed E-state index contributed by atoms with van der Waals surface area (Å²) in [5.41, 5.74) is 3.84. The normalized spacial score (nSPS) is 16.0. The first-order chi connectivity index (χ1) is 12.0. The molecule has 0 bridgehead atoms. The summed E-state index contributed by atoms with van der Waals surface area (Å²) < 4.78 is 5.15. The zero-order valence-corrected chi connectivity index (χ0v) is 14.6. The second-order valence-electron chi connectivity index (χ2n) is 5.85. The van der Waals surface area contributed by atoms with Gasteiger partial charge >= 0.3 is 5.97 Å². The summed E-state index contributed by atoms with van der Waals surface area (Å²) in [6.45, 7) is 1.46. The molecule has 2 aromatic rings. The van der Waals surface area contributed by atoms with Gasteiger partial charge in [-0.05, 0) is 54.0 Å². The number of carboxylic acid groups (broad SMARTS) is 1. The highest BCUT2D eigenvalue weighted by molar-refractivity contribution is 8.00. The van der Waals surface area contributed by atoms with E-state index in [4.69, 9.17) is 9.84 Å². The second-order valence-corrected chi connectivity index (χ2v) is 7.06. The summed E-state index contributed by atoms with van der Waals surface area (Å²) in [7, 11) is 0. The van der Waals surface area contributed by atoms with Gasteiger partial charge in [-0.15, -0.1) is 11.8 Å². The van der Waals surface area contributed by atoms with Gasteiger partial charge in [0.1, 0.15) is 11.0 Å². The number of anilines is 1. The lowest BCUT2D eigenvalue weighted by Gasteiger charge is -2.24. The zero-order chi connectivity index (χ0) is 17.8. The van der Waals surface area contributed by atoms with Crippen molar-refractivity contribution in [1.82, 2.24) is 0 Å². The van der Waals surface area contributed by atoms with Crippen LogP contribution in [0.3, 0.4) is 0 Å². The number of rotatable bonds is 5. The third-order valence-corrected chi connectivity index (χ3v) is 5.29. The maximum absolute atomic E-state index is 12.7. The highest BCUT2D eigenvalue weighted by Crippen LogP contribution is 2.37. The summed E-state index contributed by atoms with van der Waals surface area (Å²) in [5, 5.41) is 11.4. The monoisotopic (exact) mass is 357 g/mol. The van der Waals surface area contributed by atoms with Gasteiger partial charge in [-0.1, -0.05) is 24.3 Å². The topological polar surface area (TPSA) is 75.6 Å². The Balaban J connectivity index is 1.72. The molecule has 5 nitrogen and oxygen atoms in total. The van der Waals surface area contributed by atoms with Gasteiger partial charge in [0, 0.05) is 5.69 Å². The molecule has 3 rings (SSSR count).